The molecule has 0 aliphatic heterocycles. The van der Waals surface area contributed by atoms with Crippen molar-refractivity contribution < 1.29 is 14.7 Å². The minimum atomic E-state index is -0.894. The van der Waals surface area contributed by atoms with Crippen molar-refractivity contribution in [3.63, 3.8) is 0 Å². The summed E-state index contributed by atoms with van der Waals surface area (Å²) in [6, 6.07) is -0.253. The van der Waals surface area contributed by atoms with E-state index in [1.807, 2.05) is 34.6 Å². The fourth-order valence-corrected chi connectivity index (χ4v) is 1.70. The van der Waals surface area contributed by atoms with Gasteiger partial charge in [-0.1, -0.05) is 27.7 Å². The Morgan fingerprint density at radius 1 is 1.22 bits per heavy atom. The molecule has 5 nitrogen and oxygen atoms in total. The molecule has 0 bridgehead atoms. The molecular formula is C13H26N2O3. The second kappa shape index (κ2) is 7.36. The Hall–Kier alpha value is -1.10. The quantitative estimate of drug-likeness (QED) is 0.644. The molecule has 0 saturated carbocycles. The number of carboxylic acids is 1. The molecular weight excluding hydrogens is 232 g/mol. The first-order valence-corrected chi connectivity index (χ1v) is 6.41. The highest BCUT2D eigenvalue weighted by Gasteiger charge is 2.28. The number of carbonyl (C=O) groups is 2. The van der Waals surface area contributed by atoms with Crippen LogP contribution < -0.4 is 10.6 Å². The molecule has 0 rings (SSSR count). The van der Waals surface area contributed by atoms with Crippen LogP contribution in [-0.4, -0.2) is 35.6 Å². The number of aliphatic carboxylic acids is 1. The fraction of sp³-hybridized carbons (Fsp3) is 0.846. The van der Waals surface area contributed by atoms with E-state index in [0.717, 1.165) is 6.54 Å². The first-order valence-electron chi connectivity index (χ1n) is 6.41. The summed E-state index contributed by atoms with van der Waals surface area (Å²) in [7, 11) is 0. The molecule has 0 aromatic heterocycles. The molecule has 1 amide bonds. The van der Waals surface area contributed by atoms with Gasteiger partial charge in [-0.05, 0) is 18.9 Å². The molecule has 0 radical (unpaired) electrons. The van der Waals surface area contributed by atoms with Crippen molar-refractivity contribution in [2.75, 3.05) is 6.54 Å². The third-order valence-electron chi connectivity index (χ3n) is 2.80. The lowest BCUT2D eigenvalue weighted by Gasteiger charge is -2.30. The predicted octanol–water partition coefficient (Wildman–Crippen LogP) is 1.38. The number of carbonyl (C=O) groups excluding carboxylic acids is 1. The average Bonchev–Trinajstić information content (AvgIpc) is 2.14. The van der Waals surface area contributed by atoms with E-state index in [9.17, 15) is 9.59 Å². The molecule has 18 heavy (non-hydrogen) atoms. The smallest absolute Gasteiger partial charge is 0.305 e. The van der Waals surface area contributed by atoms with Gasteiger partial charge in [0.05, 0.1) is 6.42 Å². The maximum Gasteiger partial charge on any atom is 0.305 e. The highest BCUT2D eigenvalue weighted by molar-refractivity contribution is 5.78. The molecule has 0 aromatic rings. The predicted molar refractivity (Wildman–Crippen MR) is 71.4 cm³/mol. The minimum absolute atomic E-state index is 0.0508. The molecule has 0 aliphatic rings. The normalized spacial score (nSPS) is 14.9. The minimum Gasteiger partial charge on any atom is -0.481 e. The summed E-state index contributed by atoms with van der Waals surface area (Å²) in [5.41, 5.74) is -0.268. The molecule has 0 aromatic carbocycles. The van der Waals surface area contributed by atoms with Crippen molar-refractivity contribution >= 4 is 11.9 Å². The Balaban J connectivity index is 4.40. The van der Waals surface area contributed by atoms with Gasteiger partial charge in [0, 0.05) is 18.5 Å². The Labute approximate surface area is 109 Å². The number of nitrogens with one attached hydrogen (secondary N) is 2. The lowest BCUT2D eigenvalue weighted by Crippen LogP contribution is -2.46. The summed E-state index contributed by atoms with van der Waals surface area (Å²) in [4.78, 5) is 22.6. The van der Waals surface area contributed by atoms with Gasteiger partial charge in [0.25, 0.3) is 0 Å². The Morgan fingerprint density at radius 2 is 1.78 bits per heavy atom. The van der Waals surface area contributed by atoms with Crippen molar-refractivity contribution in [1.29, 1.82) is 0 Å². The van der Waals surface area contributed by atoms with Crippen LogP contribution in [-0.2, 0) is 9.59 Å². The van der Waals surface area contributed by atoms with Crippen LogP contribution in [0.2, 0.25) is 0 Å². The van der Waals surface area contributed by atoms with Gasteiger partial charge >= 0.3 is 5.97 Å². The molecule has 106 valence electrons. The SMILES string of the molecule is CCNC(C)CC(=O)NC(CC(=O)O)C(C)(C)C. The second-order valence-corrected chi connectivity index (χ2v) is 5.75. The van der Waals surface area contributed by atoms with E-state index < -0.39 is 5.97 Å². The Kier molecular flexibility index (Phi) is 6.91. The largest absolute Gasteiger partial charge is 0.481 e. The van der Waals surface area contributed by atoms with E-state index in [1.165, 1.54) is 0 Å². The molecule has 5 heteroatoms. The van der Waals surface area contributed by atoms with Crippen molar-refractivity contribution in [3.8, 4) is 0 Å². The number of carboxylic acid groups (broad SMARTS) is 1. The van der Waals surface area contributed by atoms with Gasteiger partial charge in [0.15, 0.2) is 0 Å². The van der Waals surface area contributed by atoms with Gasteiger partial charge < -0.3 is 15.7 Å². The van der Waals surface area contributed by atoms with Crippen LogP contribution in [0.5, 0.6) is 0 Å². The van der Waals surface area contributed by atoms with Crippen LogP contribution in [0.15, 0.2) is 0 Å². The number of hydrogen-bond donors (Lipinski definition) is 3. The van der Waals surface area contributed by atoms with Gasteiger partial charge in [0.1, 0.15) is 0 Å². The van der Waals surface area contributed by atoms with Crippen LogP contribution in [0.25, 0.3) is 0 Å². The fourth-order valence-electron chi connectivity index (χ4n) is 1.70. The summed E-state index contributed by atoms with van der Waals surface area (Å²) in [5, 5.41) is 14.8. The zero-order valence-corrected chi connectivity index (χ0v) is 12.0. The van der Waals surface area contributed by atoms with E-state index in [4.69, 9.17) is 5.11 Å². The molecule has 3 N–H and O–H groups in total. The molecule has 0 aliphatic carbocycles. The summed E-state index contributed by atoms with van der Waals surface area (Å²) >= 11 is 0. The highest BCUT2D eigenvalue weighted by atomic mass is 16.4. The zero-order valence-electron chi connectivity index (χ0n) is 12.0. The monoisotopic (exact) mass is 258 g/mol. The van der Waals surface area contributed by atoms with Crippen molar-refractivity contribution in [2.45, 2.75) is 59.5 Å². The molecule has 0 spiro atoms. The highest BCUT2D eigenvalue weighted by Crippen LogP contribution is 2.22. The lowest BCUT2D eigenvalue weighted by atomic mass is 9.84. The van der Waals surface area contributed by atoms with Gasteiger partial charge in [-0.2, -0.15) is 0 Å². The van der Waals surface area contributed by atoms with Gasteiger partial charge in [-0.3, -0.25) is 9.59 Å². The topological polar surface area (TPSA) is 78.4 Å². The molecule has 0 fully saturated rings. The van der Waals surface area contributed by atoms with Crippen LogP contribution >= 0.6 is 0 Å². The molecule has 0 saturated heterocycles. The lowest BCUT2D eigenvalue weighted by molar-refractivity contribution is -0.138. The van der Waals surface area contributed by atoms with Gasteiger partial charge in [-0.15, -0.1) is 0 Å². The summed E-state index contributed by atoms with van der Waals surface area (Å²) in [6.45, 7) is 10.5. The third kappa shape index (κ3) is 7.27. The van der Waals surface area contributed by atoms with E-state index >= 15 is 0 Å². The van der Waals surface area contributed by atoms with Gasteiger partial charge in [0.2, 0.25) is 5.91 Å². The van der Waals surface area contributed by atoms with Crippen LogP contribution in [0.3, 0.4) is 0 Å². The first kappa shape index (κ1) is 16.9. The number of hydrogen-bond acceptors (Lipinski definition) is 3. The van der Waals surface area contributed by atoms with Crippen LogP contribution in [0.1, 0.15) is 47.5 Å². The number of rotatable bonds is 7. The van der Waals surface area contributed by atoms with E-state index in [0.29, 0.717) is 6.42 Å². The van der Waals surface area contributed by atoms with Crippen molar-refractivity contribution in [2.24, 2.45) is 5.41 Å². The van der Waals surface area contributed by atoms with Crippen molar-refractivity contribution in [1.82, 2.24) is 10.6 Å². The zero-order chi connectivity index (χ0) is 14.3. The molecule has 2 atom stereocenters. The molecule has 2 unspecified atom stereocenters. The van der Waals surface area contributed by atoms with E-state index in [-0.39, 0.29) is 29.8 Å². The summed E-state index contributed by atoms with van der Waals surface area (Å²) < 4.78 is 0. The third-order valence-corrected chi connectivity index (χ3v) is 2.80. The van der Waals surface area contributed by atoms with E-state index in [2.05, 4.69) is 10.6 Å². The van der Waals surface area contributed by atoms with Crippen LogP contribution in [0.4, 0.5) is 0 Å². The standard InChI is InChI=1S/C13H26N2O3/c1-6-14-9(2)7-11(16)15-10(8-12(17)18)13(3,4)5/h9-10,14H,6-8H2,1-5H3,(H,15,16)(H,17,18). The second-order valence-electron chi connectivity index (χ2n) is 5.75. The molecule has 0 heterocycles. The maximum absolute atomic E-state index is 11.8. The number of amides is 1. The van der Waals surface area contributed by atoms with Crippen molar-refractivity contribution in [3.05, 3.63) is 0 Å². The van der Waals surface area contributed by atoms with Gasteiger partial charge in [-0.25, -0.2) is 0 Å². The summed E-state index contributed by atoms with van der Waals surface area (Å²) in [5.74, 6) is -1.00. The Morgan fingerprint density at radius 3 is 2.17 bits per heavy atom. The summed E-state index contributed by atoms with van der Waals surface area (Å²) in [6.07, 6.45) is 0.310. The maximum atomic E-state index is 11.8. The van der Waals surface area contributed by atoms with E-state index in [1.54, 1.807) is 0 Å². The van der Waals surface area contributed by atoms with Crippen LogP contribution in [0, 0.1) is 5.41 Å². The average molecular weight is 258 g/mol. The Bertz CT molecular complexity index is 284. The first-order chi connectivity index (χ1) is 8.16.